The largest absolute Gasteiger partial charge is 0.348 e. The standard InChI is InChI=1S/C12H23FN3O2Si/c1-8-10(13)9(15-16-14)7-12(17-8,19(5)6)18-11(2,3)4/h8-10H,7H2,1-6H3/t8-,9+,10+,12+/m0/s1. The third-order valence-corrected chi connectivity index (χ3v) is 5.05. The molecule has 1 aliphatic heterocycles. The van der Waals surface area contributed by atoms with Crippen molar-refractivity contribution in [3.05, 3.63) is 10.4 Å². The molecule has 0 N–H and O–H groups in total. The van der Waals surface area contributed by atoms with Crippen molar-refractivity contribution in [3.63, 3.8) is 0 Å². The lowest BCUT2D eigenvalue weighted by Gasteiger charge is -2.48. The summed E-state index contributed by atoms with van der Waals surface area (Å²) in [6.45, 7) is 11.6. The van der Waals surface area contributed by atoms with Gasteiger partial charge in [0.2, 0.25) is 0 Å². The number of halogens is 1. The van der Waals surface area contributed by atoms with E-state index in [0.717, 1.165) is 0 Å². The van der Waals surface area contributed by atoms with Gasteiger partial charge in [0.1, 0.15) is 15.0 Å². The van der Waals surface area contributed by atoms with Crippen LogP contribution in [-0.4, -0.2) is 38.1 Å². The van der Waals surface area contributed by atoms with Crippen LogP contribution in [0.5, 0.6) is 0 Å². The van der Waals surface area contributed by atoms with Gasteiger partial charge < -0.3 is 9.47 Å². The van der Waals surface area contributed by atoms with Crippen LogP contribution in [0.3, 0.4) is 0 Å². The Hall–Kier alpha value is -0.623. The predicted octanol–water partition coefficient (Wildman–Crippen LogP) is 3.62. The monoisotopic (exact) mass is 288 g/mol. The number of alkyl halides is 1. The highest BCUT2D eigenvalue weighted by molar-refractivity contribution is 6.58. The third kappa shape index (κ3) is 3.92. The zero-order valence-electron chi connectivity index (χ0n) is 12.5. The van der Waals surface area contributed by atoms with Crippen molar-refractivity contribution < 1.29 is 13.9 Å². The van der Waals surface area contributed by atoms with Crippen LogP contribution < -0.4 is 0 Å². The maximum Gasteiger partial charge on any atom is 0.150 e. The molecule has 0 saturated carbocycles. The van der Waals surface area contributed by atoms with Crippen LogP contribution in [0.15, 0.2) is 5.11 Å². The van der Waals surface area contributed by atoms with Crippen LogP contribution in [-0.2, 0) is 9.47 Å². The highest BCUT2D eigenvalue weighted by atomic mass is 28.3. The normalized spacial score (nSPS) is 36.1. The van der Waals surface area contributed by atoms with Gasteiger partial charge in [-0.25, -0.2) is 4.39 Å². The summed E-state index contributed by atoms with van der Waals surface area (Å²) in [6, 6.07) is -0.726. The molecular formula is C12H23FN3O2Si. The maximum absolute atomic E-state index is 14.0. The molecule has 1 radical (unpaired) electrons. The van der Waals surface area contributed by atoms with Gasteiger partial charge in [0, 0.05) is 11.3 Å². The predicted molar refractivity (Wildman–Crippen MR) is 74.0 cm³/mol. The van der Waals surface area contributed by atoms with E-state index in [9.17, 15) is 4.39 Å². The number of azide groups is 1. The average molecular weight is 288 g/mol. The van der Waals surface area contributed by atoms with Crippen molar-refractivity contribution >= 4 is 8.80 Å². The molecule has 0 amide bonds. The number of ether oxygens (including phenoxy) is 2. The zero-order valence-corrected chi connectivity index (χ0v) is 13.5. The molecule has 1 saturated heterocycles. The van der Waals surface area contributed by atoms with Crippen LogP contribution in [0.2, 0.25) is 13.1 Å². The molecular weight excluding hydrogens is 265 g/mol. The van der Waals surface area contributed by atoms with E-state index in [0.29, 0.717) is 0 Å². The molecule has 5 nitrogen and oxygen atoms in total. The molecule has 1 fully saturated rings. The Balaban J connectivity index is 3.07. The highest BCUT2D eigenvalue weighted by Crippen LogP contribution is 2.38. The Bertz CT molecular complexity index is 368. The van der Waals surface area contributed by atoms with Gasteiger partial charge in [0.05, 0.1) is 17.7 Å². The van der Waals surface area contributed by atoms with Crippen molar-refractivity contribution in [1.29, 1.82) is 0 Å². The van der Waals surface area contributed by atoms with Gasteiger partial charge in [-0.15, -0.1) is 0 Å². The molecule has 1 heterocycles. The zero-order chi connectivity index (χ0) is 14.8. The van der Waals surface area contributed by atoms with Gasteiger partial charge in [-0.1, -0.05) is 18.2 Å². The van der Waals surface area contributed by atoms with Gasteiger partial charge in [-0.05, 0) is 33.2 Å². The second kappa shape index (κ2) is 5.79. The van der Waals surface area contributed by atoms with Crippen LogP contribution >= 0.6 is 0 Å². The smallest absolute Gasteiger partial charge is 0.150 e. The van der Waals surface area contributed by atoms with Crippen molar-refractivity contribution in [3.8, 4) is 0 Å². The molecule has 0 aromatic carbocycles. The Morgan fingerprint density at radius 1 is 1.47 bits per heavy atom. The summed E-state index contributed by atoms with van der Waals surface area (Å²) in [5, 5.41) is 3.58. The van der Waals surface area contributed by atoms with Crippen molar-refractivity contribution in [1.82, 2.24) is 0 Å². The highest BCUT2D eigenvalue weighted by Gasteiger charge is 2.50. The van der Waals surface area contributed by atoms with E-state index in [1.165, 1.54) is 0 Å². The van der Waals surface area contributed by atoms with Crippen molar-refractivity contribution in [2.75, 3.05) is 0 Å². The molecule has 0 aliphatic carbocycles. The Kier molecular flexibility index (Phi) is 5.01. The lowest BCUT2D eigenvalue weighted by atomic mass is 10.0. The maximum atomic E-state index is 14.0. The Labute approximate surface area is 115 Å². The molecule has 1 rings (SSSR count). The summed E-state index contributed by atoms with van der Waals surface area (Å²) in [5.41, 5.74) is 7.37. The molecule has 4 atom stereocenters. The summed E-state index contributed by atoms with van der Waals surface area (Å²) in [5.74, 6) is 0. The minimum atomic E-state index is -1.28. The van der Waals surface area contributed by atoms with Crippen LogP contribution in [0.25, 0.3) is 10.4 Å². The van der Waals surface area contributed by atoms with Crippen molar-refractivity contribution in [2.24, 2.45) is 5.11 Å². The Morgan fingerprint density at radius 2 is 2.05 bits per heavy atom. The number of hydrogen-bond acceptors (Lipinski definition) is 3. The first kappa shape index (κ1) is 16.4. The van der Waals surface area contributed by atoms with E-state index in [1.807, 2.05) is 20.8 Å². The molecule has 19 heavy (non-hydrogen) atoms. The summed E-state index contributed by atoms with van der Waals surface area (Å²) in [7, 11) is -1.03. The summed E-state index contributed by atoms with van der Waals surface area (Å²) < 4.78 is 26.0. The van der Waals surface area contributed by atoms with E-state index in [-0.39, 0.29) is 6.42 Å². The second-order valence-electron chi connectivity index (χ2n) is 6.21. The van der Waals surface area contributed by atoms with Gasteiger partial charge in [-0.2, -0.15) is 0 Å². The van der Waals surface area contributed by atoms with E-state index in [2.05, 4.69) is 23.1 Å². The summed E-state index contributed by atoms with van der Waals surface area (Å²) >= 11 is 0. The summed E-state index contributed by atoms with van der Waals surface area (Å²) in [6.07, 6.45) is -1.64. The molecule has 0 bridgehead atoms. The first-order valence-electron chi connectivity index (χ1n) is 6.48. The first-order chi connectivity index (χ1) is 8.61. The number of nitrogens with zero attached hydrogens (tertiary/aromatic N) is 3. The van der Waals surface area contributed by atoms with Crippen LogP contribution in [0, 0.1) is 0 Å². The van der Waals surface area contributed by atoms with Gasteiger partial charge in [0.25, 0.3) is 0 Å². The van der Waals surface area contributed by atoms with Crippen LogP contribution in [0.4, 0.5) is 4.39 Å². The molecule has 0 unspecified atom stereocenters. The van der Waals surface area contributed by atoms with Crippen LogP contribution in [0.1, 0.15) is 34.1 Å². The quantitative estimate of drug-likeness (QED) is 0.344. The summed E-state index contributed by atoms with van der Waals surface area (Å²) in [4.78, 5) is 2.75. The number of rotatable bonds is 3. The van der Waals surface area contributed by atoms with E-state index in [1.54, 1.807) is 6.92 Å². The minimum absolute atomic E-state index is 0.279. The molecule has 1 aliphatic rings. The second-order valence-corrected chi connectivity index (χ2v) is 8.97. The third-order valence-electron chi connectivity index (χ3n) is 3.10. The first-order valence-corrected chi connectivity index (χ1v) is 8.98. The fourth-order valence-electron chi connectivity index (χ4n) is 2.27. The fraction of sp³-hybridized carbons (Fsp3) is 1.00. The topological polar surface area (TPSA) is 67.2 Å². The van der Waals surface area contributed by atoms with Gasteiger partial charge in [-0.3, -0.25) is 0 Å². The number of hydrogen-bond donors (Lipinski definition) is 0. The fourth-order valence-corrected chi connectivity index (χ4v) is 3.82. The lowest BCUT2D eigenvalue weighted by Crippen LogP contribution is -2.60. The van der Waals surface area contributed by atoms with Crippen molar-refractivity contribution in [2.45, 2.75) is 76.5 Å². The molecule has 0 aromatic heterocycles. The van der Waals surface area contributed by atoms with E-state index >= 15 is 0 Å². The Morgan fingerprint density at radius 3 is 2.47 bits per heavy atom. The van der Waals surface area contributed by atoms with Gasteiger partial charge >= 0.3 is 0 Å². The van der Waals surface area contributed by atoms with E-state index < -0.39 is 38.1 Å². The lowest BCUT2D eigenvalue weighted by molar-refractivity contribution is -0.279. The van der Waals surface area contributed by atoms with E-state index in [4.69, 9.17) is 15.0 Å². The molecule has 109 valence electrons. The average Bonchev–Trinajstić information content (AvgIpc) is 2.23. The molecule has 0 spiro atoms. The molecule has 0 aromatic rings. The molecule has 7 heteroatoms. The van der Waals surface area contributed by atoms with Gasteiger partial charge in [0.15, 0.2) is 5.41 Å². The SMILES string of the molecule is C[C@@H]1O[C@](OC(C)(C)C)([Si](C)C)C[C@@H](N=[N+]=[N-])[C@@H]1F. The minimum Gasteiger partial charge on any atom is -0.348 e.